The highest BCUT2D eigenvalue weighted by Gasteiger charge is 2.23. The van der Waals surface area contributed by atoms with Crippen LogP contribution >= 0.6 is 0 Å². The third-order valence-corrected chi connectivity index (χ3v) is 5.23. The van der Waals surface area contributed by atoms with Gasteiger partial charge in [-0.25, -0.2) is 0 Å². The van der Waals surface area contributed by atoms with Gasteiger partial charge in [0.2, 0.25) is 5.91 Å². The van der Waals surface area contributed by atoms with E-state index >= 15 is 0 Å². The lowest BCUT2D eigenvalue weighted by molar-refractivity contribution is -0.384. The van der Waals surface area contributed by atoms with Crippen molar-refractivity contribution in [2.24, 2.45) is 7.05 Å². The predicted molar refractivity (Wildman–Crippen MR) is 121 cm³/mol. The number of unbranched alkanes of at least 4 members (excludes halogenated alkanes) is 1. The summed E-state index contributed by atoms with van der Waals surface area (Å²) in [5, 5.41) is 11.1. The van der Waals surface area contributed by atoms with Gasteiger partial charge in [0.05, 0.1) is 11.5 Å². The summed E-state index contributed by atoms with van der Waals surface area (Å²) in [5.74, 6) is -0.566. The van der Waals surface area contributed by atoms with Crippen molar-refractivity contribution >= 4 is 17.5 Å². The molecule has 174 valence electrons. The van der Waals surface area contributed by atoms with Crippen LogP contribution in [0.25, 0.3) is 0 Å². The molecule has 0 saturated heterocycles. The molecule has 1 aromatic heterocycles. The van der Waals surface area contributed by atoms with E-state index < -0.39 is 10.8 Å². The first kappa shape index (κ1) is 25.1. The van der Waals surface area contributed by atoms with Crippen molar-refractivity contribution in [2.75, 3.05) is 33.4 Å². The predicted octanol–water partition coefficient (Wildman–Crippen LogP) is 3.24. The Bertz CT molecular complexity index is 911. The Morgan fingerprint density at radius 1 is 1.12 bits per heavy atom. The molecule has 2 amide bonds. The second-order valence-electron chi connectivity index (χ2n) is 7.66. The SMILES string of the molecule is CCCCN(Cc1cccn1C)C(=O)CN(CCCOC)C(=O)c1cccc([N+](=O)[O-])c1. The van der Waals surface area contributed by atoms with Gasteiger partial charge in [-0.15, -0.1) is 0 Å². The van der Waals surface area contributed by atoms with Gasteiger partial charge in [0.15, 0.2) is 0 Å². The van der Waals surface area contributed by atoms with Gasteiger partial charge in [0, 0.05) is 63.4 Å². The van der Waals surface area contributed by atoms with Crippen LogP contribution in [-0.2, 0) is 23.1 Å². The van der Waals surface area contributed by atoms with Crippen LogP contribution in [0.5, 0.6) is 0 Å². The maximum Gasteiger partial charge on any atom is 0.270 e. The lowest BCUT2D eigenvalue weighted by atomic mass is 10.1. The normalized spacial score (nSPS) is 10.7. The van der Waals surface area contributed by atoms with E-state index in [9.17, 15) is 19.7 Å². The second kappa shape index (κ2) is 12.6. The van der Waals surface area contributed by atoms with Gasteiger partial charge >= 0.3 is 0 Å². The molecule has 0 fully saturated rings. The Hall–Kier alpha value is -3.20. The van der Waals surface area contributed by atoms with Gasteiger partial charge in [-0.1, -0.05) is 19.4 Å². The topological polar surface area (TPSA) is 97.9 Å². The van der Waals surface area contributed by atoms with E-state index in [2.05, 4.69) is 6.92 Å². The standard InChI is InChI=1S/C23H32N4O5/c1-4-5-13-25(17-21-11-7-12-24(21)2)22(28)18-26(14-8-15-32-3)23(29)19-9-6-10-20(16-19)27(30)31/h6-7,9-12,16H,4-5,8,13-15,17-18H2,1-3H3. The summed E-state index contributed by atoms with van der Waals surface area (Å²) in [6, 6.07) is 9.49. The van der Waals surface area contributed by atoms with Crippen molar-refractivity contribution < 1.29 is 19.2 Å². The molecule has 0 unspecified atom stereocenters. The third kappa shape index (κ3) is 7.19. The Morgan fingerprint density at radius 3 is 2.50 bits per heavy atom. The molecule has 0 saturated carbocycles. The number of amides is 2. The number of nitrogens with zero attached hydrogens (tertiary/aromatic N) is 4. The molecule has 1 aromatic carbocycles. The number of carbonyl (C=O) groups is 2. The van der Waals surface area contributed by atoms with Crippen molar-refractivity contribution in [1.82, 2.24) is 14.4 Å². The Balaban J connectivity index is 2.21. The number of nitro groups is 1. The number of rotatable bonds is 13. The molecule has 0 radical (unpaired) electrons. The van der Waals surface area contributed by atoms with Crippen molar-refractivity contribution in [2.45, 2.75) is 32.7 Å². The number of hydrogen-bond donors (Lipinski definition) is 0. The van der Waals surface area contributed by atoms with Crippen molar-refractivity contribution in [3.63, 3.8) is 0 Å². The van der Waals surface area contributed by atoms with Crippen LogP contribution < -0.4 is 0 Å². The summed E-state index contributed by atoms with van der Waals surface area (Å²) in [4.78, 5) is 40.2. The van der Waals surface area contributed by atoms with E-state index in [0.29, 0.717) is 32.7 Å². The molecule has 32 heavy (non-hydrogen) atoms. The van der Waals surface area contributed by atoms with Crippen LogP contribution in [0.3, 0.4) is 0 Å². The van der Waals surface area contributed by atoms with E-state index in [1.165, 1.54) is 29.2 Å². The molecular formula is C23H32N4O5. The maximum absolute atomic E-state index is 13.2. The summed E-state index contributed by atoms with van der Waals surface area (Å²) >= 11 is 0. The van der Waals surface area contributed by atoms with Crippen LogP contribution in [0.1, 0.15) is 42.2 Å². The molecule has 0 aliphatic carbocycles. The summed E-state index contributed by atoms with van der Waals surface area (Å²) < 4.78 is 7.06. The number of non-ortho nitro benzene ring substituents is 1. The van der Waals surface area contributed by atoms with E-state index in [-0.39, 0.29) is 23.7 Å². The summed E-state index contributed by atoms with van der Waals surface area (Å²) in [7, 11) is 3.50. The highest BCUT2D eigenvalue weighted by atomic mass is 16.6. The van der Waals surface area contributed by atoms with E-state index in [4.69, 9.17) is 4.74 Å². The lowest BCUT2D eigenvalue weighted by Gasteiger charge is -2.28. The fourth-order valence-corrected chi connectivity index (χ4v) is 3.35. The first-order valence-electron chi connectivity index (χ1n) is 10.8. The maximum atomic E-state index is 13.2. The number of hydrogen-bond acceptors (Lipinski definition) is 5. The van der Waals surface area contributed by atoms with Gasteiger partial charge in [0.25, 0.3) is 11.6 Å². The first-order valence-corrected chi connectivity index (χ1v) is 10.8. The Kier molecular flexibility index (Phi) is 9.87. The van der Waals surface area contributed by atoms with Crippen molar-refractivity contribution in [3.8, 4) is 0 Å². The molecule has 0 spiro atoms. The highest BCUT2D eigenvalue weighted by molar-refractivity contribution is 5.97. The molecule has 0 bridgehead atoms. The lowest BCUT2D eigenvalue weighted by Crippen LogP contribution is -2.43. The first-order chi connectivity index (χ1) is 15.4. The minimum absolute atomic E-state index is 0.0978. The van der Waals surface area contributed by atoms with Crippen molar-refractivity contribution in [3.05, 3.63) is 64.0 Å². The van der Waals surface area contributed by atoms with Crippen LogP contribution in [0, 0.1) is 10.1 Å². The van der Waals surface area contributed by atoms with Gasteiger partial charge in [-0.3, -0.25) is 19.7 Å². The quantitative estimate of drug-likeness (QED) is 0.268. The fraction of sp³-hybridized carbons (Fsp3) is 0.478. The summed E-state index contributed by atoms with van der Waals surface area (Å²) in [6.07, 6.45) is 4.29. The molecule has 0 atom stereocenters. The van der Waals surface area contributed by atoms with Gasteiger partial charge < -0.3 is 19.1 Å². The van der Waals surface area contributed by atoms with Gasteiger partial charge in [-0.05, 0) is 31.0 Å². The van der Waals surface area contributed by atoms with Gasteiger partial charge in [-0.2, -0.15) is 0 Å². The zero-order chi connectivity index (χ0) is 23.5. The average Bonchev–Trinajstić information content (AvgIpc) is 3.19. The number of methoxy groups -OCH3 is 1. The number of ether oxygens (including phenoxy) is 1. The van der Waals surface area contributed by atoms with Crippen LogP contribution in [0.15, 0.2) is 42.6 Å². The molecule has 0 aliphatic rings. The molecule has 9 nitrogen and oxygen atoms in total. The Morgan fingerprint density at radius 2 is 1.88 bits per heavy atom. The number of nitro benzene ring substituents is 1. The smallest absolute Gasteiger partial charge is 0.270 e. The minimum Gasteiger partial charge on any atom is -0.385 e. The summed E-state index contributed by atoms with van der Waals surface area (Å²) in [6.45, 7) is 3.77. The molecular weight excluding hydrogens is 412 g/mol. The molecule has 9 heteroatoms. The largest absolute Gasteiger partial charge is 0.385 e. The minimum atomic E-state index is -0.538. The van der Waals surface area contributed by atoms with E-state index in [0.717, 1.165) is 18.5 Å². The van der Waals surface area contributed by atoms with Gasteiger partial charge in [0.1, 0.15) is 6.54 Å². The molecule has 2 aromatic rings. The molecule has 0 aliphatic heterocycles. The zero-order valence-corrected chi connectivity index (χ0v) is 19.0. The number of aryl methyl sites for hydroxylation is 1. The number of aromatic nitrogens is 1. The monoisotopic (exact) mass is 444 g/mol. The average molecular weight is 445 g/mol. The highest BCUT2D eigenvalue weighted by Crippen LogP contribution is 2.16. The molecule has 2 rings (SSSR count). The van der Waals surface area contributed by atoms with E-state index in [1.54, 1.807) is 12.0 Å². The van der Waals surface area contributed by atoms with Crippen LogP contribution in [0.4, 0.5) is 5.69 Å². The fourth-order valence-electron chi connectivity index (χ4n) is 3.35. The number of benzene rings is 1. The van der Waals surface area contributed by atoms with Crippen LogP contribution in [-0.4, -0.2) is 64.5 Å². The van der Waals surface area contributed by atoms with Crippen molar-refractivity contribution in [1.29, 1.82) is 0 Å². The van der Waals surface area contributed by atoms with Crippen LogP contribution in [0.2, 0.25) is 0 Å². The molecule has 1 heterocycles. The van der Waals surface area contributed by atoms with E-state index in [1.807, 2.05) is 29.9 Å². The Labute approximate surface area is 188 Å². The molecule has 0 N–H and O–H groups in total. The number of carbonyl (C=O) groups excluding carboxylic acids is 2. The summed E-state index contributed by atoms with van der Waals surface area (Å²) in [5.41, 5.74) is 1.03. The zero-order valence-electron chi connectivity index (χ0n) is 19.0. The third-order valence-electron chi connectivity index (χ3n) is 5.23. The second-order valence-corrected chi connectivity index (χ2v) is 7.66.